The van der Waals surface area contributed by atoms with Gasteiger partial charge >= 0.3 is 0 Å². The van der Waals surface area contributed by atoms with Crippen LogP contribution in [0.25, 0.3) is 0 Å². The summed E-state index contributed by atoms with van der Waals surface area (Å²) in [6.07, 6.45) is 2.79. The average molecular weight is 263 g/mol. The number of methoxy groups -OCH3 is 1. The number of nitrogens with zero attached hydrogens (tertiary/aromatic N) is 1. The SMILES string of the molecule is COc1ccc(CC(=O)N(C)CC2CCCO2)cc1. The van der Waals surface area contributed by atoms with Crippen LogP contribution in [0.15, 0.2) is 24.3 Å². The molecule has 1 aromatic rings. The molecule has 2 rings (SSSR count). The molecule has 4 nitrogen and oxygen atoms in total. The van der Waals surface area contributed by atoms with E-state index in [0.29, 0.717) is 13.0 Å². The fraction of sp³-hybridized carbons (Fsp3) is 0.533. The topological polar surface area (TPSA) is 38.8 Å². The van der Waals surface area contributed by atoms with Crippen LogP contribution in [0.2, 0.25) is 0 Å². The Hall–Kier alpha value is -1.55. The summed E-state index contributed by atoms with van der Waals surface area (Å²) < 4.78 is 10.6. The molecule has 1 aliphatic rings. The van der Waals surface area contributed by atoms with Crippen molar-refractivity contribution in [3.05, 3.63) is 29.8 Å². The maximum absolute atomic E-state index is 12.1. The molecule has 1 aliphatic heterocycles. The summed E-state index contributed by atoms with van der Waals surface area (Å²) in [6.45, 7) is 1.51. The highest BCUT2D eigenvalue weighted by molar-refractivity contribution is 5.78. The predicted molar refractivity (Wildman–Crippen MR) is 73.3 cm³/mol. The van der Waals surface area contributed by atoms with Gasteiger partial charge in [0.2, 0.25) is 5.91 Å². The molecule has 0 aliphatic carbocycles. The molecule has 1 amide bonds. The Bertz CT molecular complexity index is 410. The number of carbonyl (C=O) groups excluding carboxylic acids is 1. The van der Waals surface area contributed by atoms with Gasteiger partial charge in [-0.15, -0.1) is 0 Å². The van der Waals surface area contributed by atoms with Crippen molar-refractivity contribution in [3.63, 3.8) is 0 Å². The normalized spacial score (nSPS) is 18.3. The van der Waals surface area contributed by atoms with E-state index in [1.54, 1.807) is 12.0 Å². The third kappa shape index (κ3) is 3.96. The van der Waals surface area contributed by atoms with Crippen LogP contribution in [-0.2, 0) is 16.0 Å². The first-order chi connectivity index (χ1) is 9.19. The van der Waals surface area contributed by atoms with E-state index >= 15 is 0 Å². The molecule has 0 spiro atoms. The number of amides is 1. The average Bonchev–Trinajstić information content (AvgIpc) is 2.92. The fourth-order valence-electron chi connectivity index (χ4n) is 2.25. The smallest absolute Gasteiger partial charge is 0.226 e. The second-order valence-electron chi connectivity index (χ2n) is 4.93. The summed E-state index contributed by atoms with van der Waals surface area (Å²) in [5.41, 5.74) is 1.00. The van der Waals surface area contributed by atoms with Gasteiger partial charge < -0.3 is 14.4 Å². The summed E-state index contributed by atoms with van der Waals surface area (Å²) >= 11 is 0. The Morgan fingerprint density at radius 1 is 1.42 bits per heavy atom. The summed E-state index contributed by atoms with van der Waals surface area (Å²) in [7, 11) is 3.48. The number of hydrogen-bond donors (Lipinski definition) is 0. The van der Waals surface area contributed by atoms with Crippen LogP contribution in [0.1, 0.15) is 18.4 Å². The van der Waals surface area contributed by atoms with Gasteiger partial charge in [-0.25, -0.2) is 0 Å². The minimum atomic E-state index is 0.126. The lowest BCUT2D eigenvalue weighted by Crippen LogP contribution is -2.35. The van der Waals surface area contributed by atoms with Crippen molar-refractivity contribution in [2.75, 3.05) is 27.3 Å². The molecule has 0 saturated carbocycles. The van der Waals surface area contributed by atoms with Crippen LogP contribution in [0.5, 0.6) is 5.75 Å². The lowest BCUT2D eigenvalue weighted by atomic mass is 10.1. The maximum Gasteiger partial charge on any atom is 0.226 e. The molecule has 1 atom stereocenters. The number of benzene rings is 1. The number of likely N-dealkylation sites (N-methyl/N-ethyl adjacent to an activating group) is 1. The van der Waals surface area contributed by atoms with Crippen molar-refractivity contribution in [2.45, 2.75) is 25.4 Å². The minimum Gasteiger partial charge on any atom is -0.497 e. The lowest BCUT2D eigenvalue weighted by Gasteiger charge is -2.20. The van der Waals surface area contributed by atoms with E-state index in [0.717, 1.165) is 30.8 Å². The Kier molecular flexibility index (Phi) is 4.80. The van der Waals surface area contributed by atoms with Crippen LogP contribution in [0.4, 0.5) is 0 Å². The van der Waals surface area contributed by atoms with E-state index in [9.17, 15) is 4.79 Å². The first-order valence-electron chi connectivity index (χ1n) is 6.67. The van der Waals surface area contributed by atoms with E-state index in [1.807, 2.05) is 31.3 Å². The lowest BCUT2D eigenvalue weighted by molar-refractivity contribution is -0.130. The number of ether oxygens (including phenoxy) is 2. The maximum atomic E-state index is 12.1. The zero-order valence-corrected chi connectivity index (χ0v) is 11.6. The summed E-state index contributed by atoms with van der Waals surface area (Å²) in [6, 6.07) is 7.61. The Labute approximate surface area is 114 Å². The Morgan fingerprint density at radius 3 is 2.74 bits per heavy atom. The molecule has 0 aromatic heterocycles. The van der Waals surface area contributed by atoms with Crippen LogP contribution >= 0.6 is 0 Å². The second-order valence-corrected chi connectivity index (χ2v) is 4.93. The highest BCUT2D eigenvalue weighted by Crippen LogP contribution is 2.15. The van der Waals surface area contributed by atoms with E-state index < -0.39 is 0 Å². The van der Waals surface area contributed by atoms with Crippen LogP contribution in [0.3, 0.4) is 0 Å². The first kappa shape index (κ1) is 13.9. The summed E-state index contributed by atoms with van der Waals surface area (Å²) in [5, 5.41) is 0. The Morgan fingerprint density at radius 2 is 2.16 bits per heavy atom. The molecule has 1 fully saturated rings. The van der Waals surface area contributed by atoms with Gasteiger partial charge in [0.1, 0.15) is 5.75 Å². The van der Waals surface area contributed by atoms with E-state index in [1.165, 1.54) is 0 Å². The molecule has 0 bridgehead atoms. The standard InChI is InChI=1S/C15H21NO3/c1-16(11-14-4-3-9-19-14)15(17)10-12-5-7-13(18-2)8-6-12/h5-8,14H,3-4,9-11H2,1-2H3. The van der Waals surface area contributed by atoms with Crippen molar-refractivity contribution in [1.29, 1.82) is 0 Å². The van der Waals surface area contributed by atoms with Crippen LogP contribution in [0, 0.1) is 0 Å². The largest absolute Gasteiger partial charge is 0.497 e. The molecule has 1 unspecified atom stereocenters. The molecular weight excluding hydrogens is 242 g/mol. The van der Waals surface area contributed by atoms with Crippen molar-refractivity contribution in [1.82, 2.24) is 4.90 Å². The van der Waals surface area contributed by atoms with Gasteiger partial charge in [-0.3, -0.25) is 4.79 Å². The van der Waals surface area contributed by atoms with Gasteiger partial charge in [0.15, 0.2) is 0 Å². The zero-order chi connectivity index (χ0) is 13.7. The van der Waals surface area contributed by atoms with Crippen LogP contribution in [-0.4, -0.2) is 44.2 Å². The number of rotatable bonds is 5. The molecule has 0 N–H and O–H groups in total. The zero-order valence-electron chi connectivity index (χ0n) is 11.6. The van der Waals surface area contributed by atoms with E-state index in [2.05, 4.69) is 0 Å². The van der Waals surface area contributed by atoms with Gasteiger partial charge in [-0.2, -0.15) is 0 Å². The van der Waals surface area contributed by atoms with E-state index in [4.69, 9.17) is 9.47 Å². The van der Waals surface area contributed by atoms with Crippen molar-refractivity contribution < 1.29 is 14.3 Å². The van der Waals surface area contributed by atoms with Gasteiger partial charge in [-0.05, 0) is 30.5 Å². The van der Waals surface area contributed by atoms with Crippen molar-refractivity contribution in [2.24, 2.45) is 0 Å². The predicted octanol–water partition coefficient (Wildman–Crippen LogP) is 1.88. The molecule has 19 heavy (non-hydrogen) atoms. The third-order valence-corrected chi connectivity index (χ3v) is 3.44. The third-order valence-electron chi connectivity index (χ3n) is 3.44. The highest BCUT2D eigenvalue weighted by atomic mass is 16.5. The molecule has 4 heteroatoms. The first-order valence-corrected chi connectivity index (χ1v) is 6.67. The molecular formula is C15H21NO3. The van der Waals surface area contributed by atoms with E-state index in [-0.39, 0.29) is 12.0 Å². The second kappa shape index (κ2) is 6.57. The summed E-state index contributed by atoms with van der Waals surface area (Å²) in [4.78, 5) is 13.9. The molecule has 0 radical (unpaired) electrons. The van der Waals surface area contributed by atoms with Gasteiger partial charge in [0.05, 0.1) is 19.6 Å². The van der Waals surface area contributed by atoms with Gasteiger partial charge in [0, 0.05) is 20.2 Å². The van der Waals surface area contributed by atoms with Gasteiger partial charge in [0.25, 0.3) is 0 Å². The quantitative estimate of drug-likeness (QED) is 0.814. The minimum absolute atomic E-state index is 0.126. The Balaban J connectivity index is 1.84. The number of hydrogen-bond acceptors (Lipinski definition) is 3. The highest BCUT2D eigenvalue weighted by Gasteiger charge is 2.20. The molecule has 1 saturated heterocycles. The number of carbonyl (C=O) groups is 1. The van der Waals surface area contributed by atoms with Gasteiger partial charge in [-0.1, -0.05) is 12.1 Å². The molecule has 104 valence electrons. The van der Waals surface area contributed by atoms with Crippen molar-refractivity contribution in [3.8, 4) is 5.75 Å². The summed E-state index contributed by atoms with van der Waals surface area (Å²) in [5.74, 6) is 0.935. The monoisotopic (exact) mass is 263 g/mol. The van der Waals surface area contributed by atoms with Crippen molar-refractivity contribution >= 4 is 5.91 Å². The fourth-order valence-corrected chi connectivity index (χ4v) is 2.25. The van der Waals surface area contributed by atoms with Crippen LogP contribution < -0.4 is 4.74 Å². The molecule has 1 aromatic carbocycles. The molecule has 1 heterocycles.